The summed E-state index contributed by atoms with van der Waals surface area (Å²) in [7, 11) is 0. The zero-order valence-electron chi connectivity index (χ0n) is 12.1. The molecule has 0 saturated carbocycles. The van der Waals surface area contributed by atoms with Gasteiger partial charge in [-0.25, -0.2) is 0 Å². The summed E-state index contributed by atoms with van der Waals surface area (Å²) in [5, 5.41) is 3.41. The van der Waals surface area contributed by atoms with Crippen molar-refractivity contribution in [2.45, 2.75) is 26.9 Å². The number of nitrogens with zero attached hydrogens (tertiary/aromatic N) is 1. The lowest BCUT2D eigenvalue weighted by molar-refractivity contribution is 0.333. The molecule has 2 aromatic rings. The summed E-state index contributed by atoms with van der Waals surface area (Å²) in [6.07, 6.45) is 0. The van der Waals surface area contributed by atoms with Crippen LogP contribution in [0.2, 0.25) is 0 Å². The Bertz CT molecular complexity index is 617. The molecule has 0 atom stereocenters. The highest BCUT2D eigenvalue weighted by Crippen LogP contribution is 2.33. The SMILES string of the molecule is CCOc1c(Br)cc(Br)cc1CNCc1cccc(C)n1. The minimum absolute atomic E-state index is 0.646. The molecule has 1 N–H and O–H groups in total. The molecule has 0 aliphatic heterocycles. The molecule has 0 aliphatic rings. The van der Waals surface area contributed by atoms with Crippen LogP contribution in [-0.4, -0.2) is 11.6 Å². The van der Waals surface area contributed by atoms with E-state index in [1.54, 1.807) is 0 Å². The van der Waals surface area contributed by atoms with Crippen LogP contribution in [0, 0.1) is 6.92 Å². The van der Waals surface area contributed by atoms with Crippen molar-refractivity contribution in [3.63, 3.8) is 0 Å². The van der Waals surface area contributed by atoms with E-state index < -0.39 is 0 Å². The Morgan fingerprint density at radius 2 is 2.00 bits per heavy atom. The molecule has 1 aromatic heterocycles. The minimum Gasteiger partial charge on any atom is -0.492 e. The summed E-state index contributed by atoms with van der Waals surface area (Å²) in [4.78, 5) is 4.49. The van der Waals surface area contributed by atoms with Crippen molar-refractivity contribution >= 4 is 31.9 Å². The molecule has 112 valence electrons. The molecular formula is C16H18Br2N2O. The van der Waals surface area contributed by atoms with Gasteiger partial charge in [-0.2, -0.15) is 0 Å². The third-order valence-electron chi connectivity index (χ3n) is 2.94. The molecule has 1 aromatic carbocycles. The van der Waals surface area contributed by atoms with Gasteiger partial charge in [-0.05, 0) is 54.0 Å². The molecule has 0 amide bonds. The topological polar surface area (TPSA) is 34.1 Å². The predicted octanol–water partition coefficient (Wildman–Crippen LogP) is 4.60. The largest absolute Gasteiger partial charge is 0.492 e. The number of nitrogens with one attached hydrogen (secondary N) is 1. The van der Waals surface area contributed by atoms with Gasteiger partial charge in [0.1, 0.15) is 5.75 Å². The van der Waals surface area contributed by atoms with E-state index >= 15 is 0 Å². The van der Waals surface area contributed by atoms with Gasteiger partial charge in [-0.1, -0.05) is 22.0 Å². The summed E-state index contributed by atoms with van der Waals surface area (Å²) >= 11 is 7.07. The lowest BCUT2D eigenvalue weighted by Gasteiger charge is -2.13. The number of pyridine rings is 1. The van der Waals surface area contributed by atoms with Crippen LogP contribution in [0.4, 0.5) is 0 Å². The monoisotopic (exact) mass is 412 g/mol. The fourth-order valence-corrected chi connectivity index (χ4v) is 3.50. The van der Waals surface area contributed by atoms with Gasteiger partial charge >= 0.3 is 0 Å². The van der Waals surface area contributed by atoms with E-state index in [1.165, 1.54) is 0 Å². The van der Waals surface area contributed by atoms with Crippen LogP contribution in [0.3, 0.4) is 0 Å². The van der Waals surface area contributed by atoms with Crippen LogP contribution >= 0.6 is 31.9 Å². The molecule has 2 rings (SSSR count). The molecular weight excluding hydrogens is 396 g/mol. The van der Waals surface area contributed by atoms with Gasteiger partial charge in [0.15, 0.2) is 0 Å². The van der Waals surface area contributed by atoms with E-state index in [0.29, 0.717) is 6.61 Å². The van der Waals surface area contributed by atoms with Gasteiger partial charge in [0.25, 0.3) is 0 Å². The van der Waals surface area contributed by atoms with Gasteiger partial charge in [0.2, 0.25) is 0 Å². The Hall–Kier alpha value is -0.910. The standard InChI is InChI=1S/C16H18Br2N2O/c1-3-21-16-12(7-13(17)8-15(16)18)9-19-10-14-6-4-5-11(2)20-14/h4-8,19H,3,9-10H2,1-2H3. The smallest absolute Gasteiger partial charge is 0.138 e. The Balaban J connectivity index is 2.05. The zero-order chi connectivity index (χ0) is 15.2. The minimum atomic E-state index is 0.646. The molecule has 0 fully saturated rings. The van der Waals surface area contributed by atoms with Crippen molar-refractivity contribution in [1.29, 1.82) is 0 Å². The number of hydrogen-bond donors (Lipinski definition) is 1. The van der Waals surface area contributed by atoms with Crippen molar-refractivity contribution in [2.75, 3.05) is 6.61 Å². The third-order valence-corrected chi connectivity index (χ3v) is 3.99. The van der Waals surface area contributed by atoms with Crippen molar-refractivity contribution < 1.29 is 4.74 Å². The first-order valence-electron chi connectivity index (χ1n) is 6.84. The number of halogens is 2. The van der Waals surface area contributed by atoms with E-state index in [-0.39, 0.29) is 0 Å². The maximum atomic E-state index is 5.72. The van der Waals surface area contributed by atoms with Crippen molar-refractivity contribution in [2.24, 2.45) is 0 Å². The van der Waals surface area contributed by atoms with Crippen molar-refractivity contribution in [3.8, 4) is 5.75 Å². The lowest BCUT2D eigenvalue weighted by Crippen LogP contribution is -2.15. The van der Waals surface area contributed by atoms with Crippen LogP contribution in [-0.2, 0) is 13.1 Å². The summed E-state index contributed by atoms with van der Waals surface area (Å²) in [5.41, 5.74) is 3.20. The maximum absolute atomic E-state index is 5.72. The molecule has 21 heavy (non-hydrogen) atoms. The molecule has 0 aliphatic carbocycles. The molecule has 0 unspecified atom stereocenters. The Labute approximate surface area is 142 Å². The second-order valence-electron chi connectivity index (χ2n) is 4.68. The number of benzene rings is 1. The van der Waals surface area contributed by atoms with Crippen molar-refractivity contribution in [1.82, 2.24) is 10.3 Å². The van der Waals surface area contributed by atoms with E-state index in [2.05, 4.69) is 48.2 Å². The van der Waals surface area contributed by atoms with Crippen LogP contribution in [0.15, 0.2) is 39.3 Å². The van der Waals surface area contributed by atoms with Gasteiger partial charge < -0.3 is 10.1 Å². The summed E-state index contributed by atoms with van der Waals surface area (Å²) < 4.78 is 7.71. The number of aromatic nitrogens is 1. The molecule has 0 bridgehead atoms. The average Bonchev–Trinajstić information content (AvgIpc) is 2.42. The van der Waals surface area contributed by atoms with Gasteiger partial charge in [0.05, 0.1) is 16.8 Å². The normalized spacial score (nSPS) is 10.7. The summed E-state index contributed by atoms with van der Waals surface area (Å²) in [5.74, 6) is 0.894. The number of aryl methyl sites for hydroxylation is 1. The second kappa shape index (κ2) is 7.92. The summed E-state index contributed by atoms with van der Waals surface area (Å²) in [6.45, 7) is 6.09. The van der Waals surface area contributed by atoms with E-state index in [0.717, 1.165) is 44.7 Å². The van der Waals surface area contributed by atoms with Crippen LogP contribution in [0.25, 0.3) is 0 Å². The van der Waals surface area contributed by atoms with Crippen LogP contribution in [0.1, 0.15) is 23.9 Å². The van der Waals surface area contributed by atoms with Gasteiger partial charge in [-0.15, -0.1) is 0 Å². The quantitative estimate of drug-likeness (QED) is 0.751. The molecule has 0 radical (unpaired) electrons. The number of hydrogen-bond acceptors (Lipinski definition) is 3. The molecule has 5 heteroatoms. The first kappa shape index (κ1) is 16.5. The Morgan fingerprint density at radius 3 is 2.71 bits per heavy atom. The summed E-state index contributed by atoms with van der Waals surface area (Å²) in [6, 6.07) is 10.1. The Morgan fingerprint density at radius 1 is 1.19 bits per heavy atom. The highest BCUT2D eigenvalue weighted by molar-refractivity contribution is 9.11. The fourth-order valence-electron chi connectivity index (χ4n) is 2.07. The van der Waals surface area contributed by atoms with Crippen molar-refractivity contribution in [3.05, 3.63) is 56.2 Å². The van der Waals surface area contributed by atoms with Crippen LogP contribution in [0.5, 0.6) is 5.75 Å². The average molecular weight is 414 g/mol. The van der Waals surface area contributed by atoms with E-state index in [4.69, 9.17) is 4.74 Å². The molecule has 1 heterocycles. The van der Waals surface area contributed by atoms with Crippen LogP contribution < -0.4 is 10.1 Å². The maximum Gasteiger partial charge on any atom is 0.138 e. The molecule has 0 spiro atoms. The highest BCUT2D eigenvalue weighted by atomic mass is 79.9. The van der Waals surface area contributed by atoms with Gasteiger partial charge in [0, 0.05) is 28.8 Å². The first-order valence-corrected chi connectivity index (χ1v) is 8.42. The van der Waals surface area contributed by atoms with E-state index in [1.807, 2.05) is 38.1 Å². The number of rotatable bonds is 6. The molecule has 0 saturated heterocycles. The highest BCUT2D eigenvalue weighted by Gasteiger charge is 2.09. The van der Waals surface area contributed by atoms with Gasteiger partial charge in [-0.3, -0.25) is 4.98 Å². The Kier molecular flexibility index (Phi) is 6.21. The first-order chi connectivity index (χ1) is 10.1. The van der Waals surface area contributed by atoms with E-state index in [9.17, 15) is 0 Å². The number of ether oxygens (including phenoxy) is 1. The molecule has 3 nitrogen and oxygen atoms in total. The lowest BCUT2D eigenvalue weighted by atomic mass is 10.2. The fraction of sp³-hybridized carbons (Fsp3) is 0.312. The second-order valence-corrected chi connectivity index (χ2v) is 6.45. The zero-order valence-corrected chi connectivity index (χ0v) is 15.3. The third kappa shape index (κ3) is 4.80. The predicted molar refractivity (Wildman–Crippen MR) is 92.5 cm³/mol.